The molecule has 4 rings (SSSR count). The first-order valence-electron chi connectivity index (χ1n) is 9.19. The molecule has 8 nitrogen and oxygen atoms in total. The number of benzene rings is 2. The zero-order valence-electron chi connectivity index (χ0n) is 15.4. The maximum atomic E-state index is 12.0. The fourth-order valence-electron chi connectivity index (χ4n) is 4.44. The van der Waals surface area contributed by atoms with E-state index in [2.05, 4.69) is 5.32 Å². The van der Waals surface area contributed by atoms with Crippen LogP contribution in [0.4, 0.5) is 11.4 Å². The molecule has 1 aliphatic heterocycles. The van der Waals surface area contributed by atoms with E-state index in [0.29, 0.717) is 16.9 Å². The molecule has 2 aromatic carbocycles. The molecule has 10 heteroatoms. The Hall–Kier alpha value is -2.78. The minimum atomic E-state index is -1.16. The van der Waals surface area contributed by atoms with Crippen molar-refractivity contribution in [1.29, 1.82) is 0 Å². The van der Waals surface area contributed by atoms with E-state index in [0.717, 1.165) is 0 Å². The quantitative estimate of drug-likeness (QED) is 0.355. The number of hydrogen-bond donors (Lipinski definition) is 3. The van der Waals surface area contributed by atoms with Crippen molar-refractivity contribution in [3.8, 4) is 0 Å². The predicted octanol–water partition coefficient (Wildman–Crippen LogP) is 4.04. The number of nitro groups is 1. The molecule has 2 aliphatic rings. The van der Waals surface area contributed by atoms with E-state index in [9.17, 15) is 29.9 Å². The van der Waals surface area contributed by atoms with Crippen molar-refractivity contribution in [3.63, 3.8) is 0 Å². The number of para-hydroxylation sites is 2. The SMILES string of the molecule is O=C(O)c1cccc2c1N[C@H](C(=O)O)[C@H]1C[C@H](Sc3ccccc3[N+](=O)[O-])[C@@H](Cl)[C@@H]21. The molecule has 3 N–H and O–H groups in total. The summed E-state index contributed by atoms with van der Waals surface area (Å²) in [6.45, 7) is 0. The number of carboxylic acids is 2. The van der Waals surface area contributed by atoms with Gasteiger partial charge in [0.15, 0.2) is 0 Å². The van der Waals surface area contributed by atoms with E-state index < -0.39 is 28.3 Å². The summed E-state index contributed by atoms with van der Waals surface area (Å²) in [6.07, 6.45) is 0.427. The molecule has 1 aliphatic carbocycles. The third-order valence-corrected chi connectivity index (χ3v) is 7.80. The molecular weight excluding hydrogens is 432 g/mol. The molecule has 0 bridgehead atoms. The second kappa shape index (κ2) is 7.81. The number of fused-ring (bicyclic) bond motifs is 3. The maximum absolute atomic E-state index is 12.0. The number of hydrogen-bond acceptors (Lipinski definition) is 6. The molecule has 5 atom stereocenters. The summed E-state index contributed by atoms with van der Waals surface area (Å²) in [5.41, 5.74) is 0.919. The number of carbonyl (C=O) groups is 2. The highest BCUT2D eigenvalue weighted by atomic mass is 35.5. The van der Waals surface area contributed by atoms with Gasteiger partial charge in [-0.1, -0.05) is 24.3 Å². The van der Waals surface area contributed by atoms with Gasteiger partial charge in [0, 0.05) is 17.2 Å². The number of aromatic carboxylic acids is 1. The number of thioether (sulfide) groups is 1. The number of nitro benzene ring substituents is 1. The first kappa shape index (κ1) is 20.5. The minimum Gasteiger partial charge on any atom is -0.480 e. The van der Waals surface area contributed by atoms with Gasteiger partial charge in [0.05, 0.1) is 26.4 Å². The van der Waals surface area contributed by atoms with Crippen LogP contribution in [0.15, 0.2) is 47.4 Å². The summed E-state index contributed by atoms with van der Waals surface area (Å²) < 4.78 is 0. The Bertz CT molecular complexity index is 1050. The van der Waals surface area contributed by atoms with Crippen LogP contribution in [0, 0.1) is 16.0 Å². The van der Waals surface area contributed by atoms with E-state index in [1.807, 2.05) is 0 Å². The van der Waals surface area contributed by atoms with Crippen molar-refractivity contribution >= 4 is 46.7 Å². The third-order valence-electron chi connectivity index (χ3n) is 5.68. The van der Waals surface area contributed by atoms with Crippen molar-refractivity contribution in [3.05, 3.63) is 63.7 Å². The van der Waals surface area contributed by atoms with Crippen molar-refractivity contribution in [2.75, 3.05) is 5.32 Å². The molecule has 2 aromatic rings. The van der Waals surface area contributed by atoms with Gasteiger partial charge >= 0.3 is 11.9 Å². The lowest BCUT2D eigenvalue weighted by Gasteiger charge is -2.36. The number of carboxylic acid groups (broad SMARTS) is 2. The van der Waals surface area contributed by atoms with Gasteiger partial charge in [-0.2, -0.15) is 0 Å². The molecule has 30 heavy (non-hydrogen) atoms. The van der Waals surface area contributed by atoms with Gasteiger partial charge in [-0.05, 0) is 30.0 Å². The lowest BCUT2D eigenvalue weighted by molar-refractivity contribution is -0.387. The molecule has 156 valence electrons. The van der Waals surface area contributed by atoms with Crippen LogP contribution in [0.25, 0.3) is 0 Å². The molecule has 0 aromatic heterocycles. The van der Waals surface area contributed by atoms with Crippen LogP contribution >= 0.6 is 23.4 Å². The molecule has 0 spiro atoms. The summed E-state index contributed by atoms with van der Waals surface area (Å²) in [5.74, 6) is -3.00. The Morgan fingerprint density at radius 1 is 1.17 bits per heavy atom. The van der Waals surface area contributed by atoms with Gasteiger partial charge in [0.1, 0.15) is 6.04 Å². The number of halogens is 1. The summed E-state index contributed by atoms with van der Waals surface area (Å²) in [4.78, 5) is 35.0. The zero-order chi connectivity index (χ0) is 21.6. The van der Waals surface area contributed by atoms with Crippen LogP contribution < -0.4 is 5.32 Å². The number of alkyl halides is 1. The van der Waals surface area contributed by atoms with E-state index in [4.69, 9.17) is 11.6 Å². The monoisotopic (exact) mass is 448 g/mol. The average Bonchev–Trinajstić information content (AvgIpc) is 3.03. The Labute approximate surface area is 180 Å². The molecule has 1 fully saturated rings. The van der Waals surface area contributed by atoms with Crippen LogP contribution in [-0.2, 0) is 4.79 Å². The second-order valence-electron chi connectivity index (χ2n) is 7.29. The van der Waals surface area contributed by atoms with Crippen molar-refractivity contribution in [1.82, 2.24) is 0 Å². The van der Waals surface area contributed by atoms with Gasteiger partial charge < -0.3 is 15.5 Å². The number of nitrogens with zero attached hydrogens (tertiary/aromatic N) is 1. The average molecular weight is 449 g/mol. The highest BCUT2D eigenvalue weighted by Crippen LogP contribution is 2.55. The van der Waals surface area contributed by atoms with Gasteiger partial charge in [0.25, 0.3) is 5.69 Å². The fraction of sp³-hybridized carbons (Fsp3) is 0.300. The lowest BCUT2D eigenvalue weighted by atomic mass is 9.78. The Morgan fingerprint density at radius 3 is 2.57 bits per heavy atom. The topological polar surface area (TPSA) is 130 Å². The first-order chi connectivity index (χ1) is 14.3. The fourth-order valence-corrected chi connectivity index (χ4v) is 6.38. The third kappa shape index (κ3) is 3.37. The molecule has 0 amide bonds. The second-order valence-corrected chi connectivity index (χ2v) is 9.07. The van der Waals surface area contributed by atoms with Gasteiger partial charge in [-0.15, -0.1) is 23.4 Å². The maximum Gasteiger partial charge on any atom is 0.337 e. The number of aliphatic carboxylic acids is 1. The van der Waals surface area contributed by atoms with Crippen molar-refractivity contribution in [2.45, 2.75) is 33.9 Å². The number of nitrogens with one attached hydrogen (secondary N) is 1. The van der Waals surface area contributed by atoms with Crippen molar-refractivity contribution < 1.29 is 24.7 Å². The lowest BCUT2D eigenvalue weighted by Crippen LogP contribution is -2.43. The van der Waals surface area contributed by atoms with Crippen LogP contribution in [0.5, 0.6) is 0 Å². The van der Waals surface area contributed by atoms with E-state index in [1.54, 1.807) is 30.3 Å². The van der Waals surface area contributed by atoms with Crippen LogP contribution in [0.2, 0.25) is 0 Å². The highest BCUT2D eigenvalue weighted by molar-refractivity contribution is 8.00. The molecular formula is C20H17ClN2O6S. The molecule has 0 saturated heterocycles. The Morgan fingerprint density at radius 2 is 1.90 bits per heavy atom. The molecule has 0 radical (unpaired) electrons. The summed E-state index contributed by atoms with van der Waals surface area (Å²) in [7, 11) is 0. The van der Waals surface area contributed by atoms with Gasteiger partial charge in [-0.3, -0.25) is 10.1 Å². The summed E-state index contributed by atoms with van der Waals surface area (Å²) in [6, 6.07) is 10.2. The summed E-state index contributed by atoms with van der Waals surface area (Å²) >= 11 is 8.07. The van der Waals surface area contributed by atoms with Crippen LogP contribution in [0.3, 0.4) is 0 Å². The van der Waals surface area contributed by atoms with Crippen molar-refractivity contribution in [2.24, 2.45) is 5.92 Å². The van der Waals surface area contributed by atoms with Crippen LogP contribution in [0.1, 0.15) is 28.3 Å². The molecule has 0 unspecified atom stereocenters. The Balaban J connectivity index is 1.73. The largest absolute Gasteiger partial charge is 0.480 e. The van der Waals surface area contributed by atoms with Gasteiger partial charge in [0.2, 0.25) is 0 Å². The smallest absolute Gasteiger partial charge is 0.337 e. The minimum absolute atomic E-state index is 0.00383. The number of rotatable bonds is 5. The normalized spacial score (nSPS) is 26.9. The van der Waals surface area contributed by atoms with E-state index in [1.165, 1.54) is 23.9 Å². The van der Waals surface area contributed by atoms with E-state index in [-0.39, 0.29) is 34.0 Å². The van der Waals surface area contributed by atoms with E-state index >= 15 is 0 Å². The predicted molar refractivity (Wildman–Crippen MR) is 112 cm³/mol. The summed E-state index contributed by atoms with van der Waals surface area (Å²) in [5, 5.41) is 32.7. The molecule has 1 saturated carbocycles. The Kier molecular flexibility index (Phi) is 5.33. The number of anilines is 1. The highest BCUT2D eigenvalue weighted by Gasteiger charge is 2.52. The zero-order valence-corrected chi connectivity index (χ0v) is 17.0. The van der Waals surface area contributed by atoms with Gasteiger partial charge in [-0.25, -0.2) is 9.59 Å². The first-order valence-corrected chi connectivity index (χ1v) is 10.5. The standard InChI is InChI=1S/C20H17ClN2O6S/c21-16-14(30-13-7-2-1-6-12(13)23(28)29)8-11-15(16)9-4-3-5-10(19(24)25)17(9)22-18(11)20(26)27/h1-7,11,14-16,18,22H,8H2,(H,24,25)(H,26,27)/t11-,14-,15-,16+,18-/m0/s1. The molecule has 1 heterocycles. The van der Waals surface area contributed by atoms with Crippen LogP contribution in [-0.4, -0.2) is 43.7 Å².